The number of hydrogen-bond acceptors (Lipinski definition) is 5. The van der Waals surface area contributed by atoms with Crippen LogP contribution in [0.5, 0.6) is 0 Å². The summed E-state index contributed by atoms with van der Waals surface area (Å²) in [5, 5.41) is 3.26. The number of carbonyl (C=O) groups is 1. The van der Waals surface area contributed by atoms with E-state index >= 15 is 0 Å². The fourth-order valence-electron chi connectivity index (χ4n) is 2.20. The Morgan fingerprint density at radius 2 is 2.26 bits per heavy atom. The van der Waals surface area contributed by atoms with E-state index in [1.165, 1.54) is 12.4 Å². The molecule has 0 radical (unpaired) electrons. The topological polar surface area (TPSA) is 84.1 Å². The van der Waals surface area contributed by atoms with Gasteiger partial charge in [-0.25, -0.2) is 9.97 Å². The third kappa shape index (κ3) is 3.67. The lowest BCUT2D eigenvalue weighted by Crippen LogP contribution is -2.39. The molecule has 6 nitrogen and oxygen atoms in total. The zero-order valence-electron chi connectivity index (χ0n) is 10.9. The molecule has 0 aromatic carbocycles. The Morgan fingerprint density at radius 1 is 1.53 bits per heavy atom. The second-order valence-corrected chi connectivity index (χ2v) is 4.68. The molecule has 0 unspecified atom stereocenters. The monoisotopic (exact) mass is 261 g/mol. The lowest BCUT2D eigenvalue weighted by atomic mass is 9.97. The number of nitrogens with two attached hydrogens (primary N) is 1. The van der Waals surface area contributed by atoms with Crippen molar-refractivity contribution in [3.63, 3.8) is 0 Å². The Kier molecular flexibility index (Phi) is 4.33. The summed E-state index contributed by atoms with van der Waals surface area (Å²) in [7, 11) is 0. The average Bonchev–Trinajstić information content (AvgIpc) is 2.45. The predicted molar refractivity (Wildman–Crippen MR) is 74.4 cm³/mol. The minimum absolute atomic E-state index is 0.0231. The van der Waals surface area contributed by atoms with Crippen LogP contribution in [0.3, 0.4) is 0 Å². The molecular formula is C13H19N5O. The second kappa shape index (κ2) is 6.17. The van der Waals surface area contributed by atoms with Gasteiger partial charge in [0.05, 0.1) is 0 Å². The number of piperidine rings is 1. The first-order valence-electron chi connectivity index (χ1n) is 6.42. The molecule has 0 bridgehead atoms. The van der Waals surface area contributed by atoms with Crippen molar-refractivity contribution in [3.05, 3.63) is 25.0 Å². The van der Waals surface area contributed by atoms with Gasteiger partial charge in [0.15, 0.2) is 0 Å². The molecule has 1 aliphatic rings. The molecule has 1 amide bonds. The summed E-state index contributed by atoms with van der Waals surface area (Å²) in [4.78, 5) is 21.2. The van der Waals surface area contributed by atoms with Gasteiger partial charge in [0.2, 0.25) is 5.91 Å². The van der Waals surface area contributed by atoms with E-state index in [0.29, 0.717) is 11.7 Å². The number of nitrogens with zero attached hydrogens (tertiary/aromatic N) is 3. The lowest BCUT2D eigenvalue weighted by molar-refractivity contribution is -0.127. The van der Waals surface area contributed by atoms with Crippen LogP contribution in [-0.2, 0) is 4.79 Å². The molecule has 19 heavy (non-hydrogen) atoms. The molecule has 2 rings (SSSR count). The van der Waals surface area contributed by atoms with Gasteiger partial charge in [-0.05, 0) is 24.8 Å². The maximum absolute atomic E-state index is 11.5. The number of nitrogen functional groups attached to an aromatic ring is 1. The molecule has 0 atom stereocenters. The summed E-state index contributed by atoms with van der Waals surface area (Å²) < 4.78 is 0. The summed E-state index contributed by atoms with van der Waals surface area (Å²) >= 11 is 0. The molecule has 0 saturated carbocycles. The number of likely N-dealkylation sites (tertiary alicyclic amines) is 1. The zero-order valence-corrected chi connectivity index (χ0v) is 10.9. The van der Waals surface area contributed by atoms with E-state index in [9.17, 15) is 4.79 Å². The first-order chi connectivity index (χ1) is 9.19. The molecule has 1 aromatic rings. The number of carbonyl (C=O) groups excluding carboxylic acids is 1. The summed E-state index contributed by atoms with van der Waals surface area (Å²) in [5.74, 6) is 1.78. The van der Waals surface area contributed by atoms with Gasteiger partial charge < -0.3 is 16.0 Å². The van der Waals surface area contributed by atoms with E-state index in [2.05, 4.69) is 21.9 Å². The minimum atomic E-state index is 0.0231. The van der Waals surface area contributed by atoms with Gasteiger partial charge >= 0.3 is 0 Å². The van der Waals surface area contributed by atoms with Crippen molar-refractivity contribution in [1.29, 1.82) is 0 Å². The summed E-state index contributed by atoms with van der Waals surface area (Å²) in [6, 6.07) is 1.72. The maximum atomic E-state index is 11.5. The van der Waals surface area contributed by atoms with Crippen molar-refractivity contribution in [1.82, 2.24) is 14.9 Å². The number of rotatable bonds is 4. The normalized spacial score (nSPS) is 16.1. The van der Waals surface area contributed by atoms with Crippen LogP contribution in [0.4, 0.5) is 11.6 Å². The molecule has 6 heteroatoms. The van der Waals surface area contributed by atoms with E-state index in [1.807, 2.05) is 4.90 Å². The van der Waals surface area contributed by atoms with Gasteiger partial charge in [0, 0.05) is 25.7 Å². The van der Waals surface area contributed by atoms with Crippen LogP contribution in [0, 0.1) is 5.92 Å². The summed E-state index contributed by atoms with van der Waals surface area (Å²) in [6.07, 6.45) is 4.81. The highest BCUT2D eigenvalue weighted by molar-refractivity contribution is 5.87. The van der Waals surface area contributed by atoms with Crippen LogP contribution >= 0.6 is 0 Å². The minimum Gasteiger partial charge on any atom is -0.384 e. The first kappa shape index (κ1) is 13.3. The number of aromatic nitrogens is 2. The van der Waals surface area contributed by atoms with Crippen LogP contribution in [0.1, 0.15) is 12.8 Å². The van der Waals surface area contributed by atoms with Crippen molar-refractivity contribution in [2.75, 3.05) is 30.7 Å². The standard InChI is InChI=1S/C13H19N5O/c1-2-13(19)18-5-3-10(4-6-18)8-15-12-7-11(14)16-9-17-12/h2,7,9-10H,1,3-6,8H2,(H3,14,15,16,17). The number of hydrogen-bond donors (Lipinski definition) is 2. The van der Waals surface area contributed by atoms with Crippen molar-refractivity contribution in [3.8, 4) is 0 Å². The highest BCUT2D eigenvalue weighted by atomic mass is 16.2. The van der Waals surface area contributed by atoms with Crippen molar-refractivity contribution < 1.29 is 4.79 Å². The molecular weight excluding hydrogens is 242 g/mol. The van der Waals surface area contributed by atoms with Gasteiger partial charge in [-0.15, -0.1) is 0 Å². The molecule has 3 N–H and O–H groups in total. The fourth-order valence-corrected chi connectivity index (χ4v) is 2.20. The van der Waals surface area contributed by atoms with Crippen LogP contribution in [0.25, 0.3) is 0 Å². The fraction of sp³-hybridized carbons (Fsp3) is 0.462. The lowest BCUT2D eigenvalue weighted by Gasteiger charge is -2.31. The van der Waals surface area contributed by atoms with Crippen molar-refractivity contribution in [2.45, 2.75) is 12.8 Å². The van der Waals surface area contributed by atoms with Crippen molar-refractivity contribution in [2.24, 2.45) is 5.92 Å². The van der Waals surface area contributed by atoms with E-state index in [-0.39, 0.29) is 5.91 Å². The molecule has 0 aliphatic carbocycles. The molecule has 2 heterocycles. The highest BCUT2D eigenvalue weighted by Gasteiger charge is 2.21. The van der Waals surface area contributed by atoms with Gasteiger partial charge in [-0.2, -0.15) is 0 Å². The molecule has 1 saturated heterocycles. The van der Waals surface area contributed by atoms with E-state index in [1.54, 1.807) is 6.07 Å². The molecule has 0 spiro atoms. The molecule has 1 aromatic heterocycles. The second-order valence-electron chi connectivity index (χ2n) is 4.68. The van der Waals surface area contributed by atoms with Gasteiger partial charge in [-0.3, -0.25) is 4.79 Å². The van der Waals surface area contributed by atoms with Gasteiger partial charge in [0.25, 0.3) is 0 Å². The van der Waals surface area contributed by atoms with Crippen LogP contribution < -0.4 is 11.1 Å². The zero-order chi connectivity index (χ0) is 13.7. The Hall–Kier alpha value is -2.11. The third-order valence-electron chi connectivity index (χ3n) is 3.36. The average molecular weight is 261 g/mol. The maximum Gasteiger partial charge on any atom is 0.245 e. The molecule has 102 valence electrons. The quantitative estimate of drug-likeness (QED) is 0.786. The van der Waals surface area contributed by atoms with E-state index in [0.717, 1.165) is 38.3 Å². The Balaban J connectivity index is 1.77. The van der Waals surface area contributed by atoms with E-state index in [4.69, 9.17) is 5.73 Å². The van der Waals surface area contributed by atoms with Gasteiger partial charge in [0.1, 0.15) is 18.0 Å². The SMILES string of the molecule is C=CC(=O)N1CCC(CNc2cc(N)ncn2)CC1. The molecule has 1 aliphatic heterocycles. The Morgan fingerprint density at radius 3 is 2.89 bits per heavy atom. The Bertz CT molecular complexity index is 454. The molecule has 1 fully saturated rings. The number of amides is 1. The van der Waals surface area contributed by atoms with Crippen LogP contribution in [-0.4, -0.2) is 40.4 Å². The first-order valence-corrected chi connectivity index (χ1v) is 6.42. The largest absolute Gasteiger partial charge is 0.384 e. The number of anilines is 2. The summed E-state index contributed by atoms with van der Waals surface area (Å²) in [5.41, 5.74) is 5.59. The van der Waals surface area contributed by atoms with Crippen molar-refractivity contribution >= 4 is 17.5 Å². The smallest absolute Gasteiger partial charge is 0.245 e. The van der Waals surface area contributed by atoms with Gasteiger partial charge in [-0.1, -0.05) is 6.58 Å². The van der Waals surface area contributed by atoms with Crippen LogP contribution in [0.2, 0.25) is 0 Å². The Labute approximate surface area is 112 Å². The predicted octanol–water partition coefficient (Wildman–Crippen LogP) is 0.895. The van der Waals surface area contributed by atoms with Crippen LogP contribution in [0.15, 0.2) is 25.0 Å². The summed E-state index contributed by atoms with van der Waals surface area (Å²) in [6.45, 7) is 5.94. The number of nitrogens with one attached hydrogen (secondary N) is 1. The third-order valence-corrected chi connectivity index (χ3v) is 3.36. The highest BCUT2D eigenvalue weighted by Crippen LogP contribution is 2.18. The van der Waals surface area contributed by atoms with E-state index < -0.39 is 0 Å².